The summed E-state index contributed by atoms with van der Waals surface area (Å²) in [7, 11) is -14.4. The SMILES string of the molecule is COS(=O)(=O)[O-].COS(=O)(=O)[O-].COS(=O)(=O)[O-].COS(=O)(=O)[O-].[Fe+3].[NH4+]. The molecule has 1 radical (unpaired) electrons. The van der Waals surface area contributed by atoms with E-state index >= 15 is 0 Å². The summed E-state index contributed by atoms with van der Waals surface area (Å²) in [5, 5.41) is 0. The first-order valence-electron chi connectivity index (χ1n) is 4.30. The summed E-state index contributed by atoms with van der Waals surface area (Å²) < 4.78 is 124. The second-order valence-corrected chi connectivity index (χ2v) is 6.90. The molecule has 0 spiro atoms. The van der Waals surface area contributed by atoms with Crippen LogP contribution in [0.2, 0.25) is 0 Å². The van der Waals surface area contributed by atoms with Crippen molar-refractivity contribution in [1.82, 2.24) is 6.15 Å². The Kier molecular flexibility index (Phi) is 28.6. The van der Waals surface area contributed by atoms with Crippen molar-refractivity contribution >= 4 is 41.6 Å². The van der Waals surface area contributed by atoms with Gasteiger partial charge in [0.2, 0.25) is 41.6 Å². The summed E-state index contributed by atoms with van der Waals surface area (Å²) in [5.41, 5.74) is 0. The molecule has 165 valence electrons. The van der Waals surface area contributed by atoms with Gasteiger partial charge in [-0.2, -0.15) is 0 Å². The molecule has 0 rings (SSSR count). The van der Waals surface area contributed by atoms with Crippen LogP contribution in [0.25, 0.3) is 0 Å². The van der Waals surface area contributed by atoms with E-state index in [0.717, 1.165) is 28.4 Å². The van der Waals surface area contributed by atoms with Crippen LogP contribution >= 0.6 is 0 Å². The van der Waals surface area contributed by atoms with E-state index in [4.69, 9.17) is 0 Å². The molecule has 0 unspecified atom stereocenters. The molecule has 0 amide bonds. The predicted molar refractivity (Wildman–Crippen MR) is 72.8 cm³/mol. The third-order valence-electron chi connectivity index (χ3n) is 0.816. The van der Waals surface area contributed by atoms with Crippen LogP contribution in [0.4, 0.5) is 0 Å². The molecule has 17 nitrogen and oxygen atoms in total. The summed E-state index contributed by atoms with van der Waals surface area (Å²) in [6, 6.07) is 0. The van der Waals surface area contributed by atoms with Gasteiger partial charge in [0, 0.05) is 0 Å². The monoisotopic (exact) mass is 518 g/mol. The minimum absolute atomic E-state index is 0. The van der Waals surface area contributed by atoms with Gasteiger partial charge in [-0.15, -0.1) is 0 Å². The number of rotatable bonds is 4. The van der Waals surface area contributed by atoms with Gasteiger partial charge in [0.05, 0.1) is 28.4 Å². The van der Waals surface area contributed by atoms with Crippen LogP contribution in [0.5, 0.6) is 0 Å². The molecule has 22 heteroatoms. The second kappa shape index (κ2) is 18.3. The van der Waals surface area contributed by atoms with Gasteiger partial charge in [0.15, 0.2) is 0 Å². The van der Waals surface area contributed by atoms with E-state index in [2.05, 4.69) is 16.7 Å². The zero-order valence-corrected chi connectivity index (χ0v) is 17.9. The Labute approximate surface area is 161 Å². The molecule has 0 aromatic rings. The fourth-order valence-corrected chi connectivity index (χ4v) is 0. The van der Waals surface area contributed by atoms with Crippen LogP contribution in [0.3, 0.4) is 0 Å². The summed E-state index contributed by atoms with van der Waals surface area (Å²) in [5.74, 6) is 0. The van der Waals surface area contributed by atoms with Crippen molar-refractivity contribution in [2.75, 3.05) is 28.4 Å². The fourth-order valence-electron chi connectivity index (χ4n) is 0. The first-order valence-corrected chi connectivity index (χ1v) is 9.63. The molecule has 0 saturated carbocycles. The summed E-state index contributed by atoms with van der Waals surface area (Å²) in [6.45, 7) is 0. The van der Waals surface area contributed by atoms with Crippen molar-refractivity contribution in [2.24, 2.45) is 0 Å². The Bertz CT molecular complexity index is 578. The maximum absolute atomic E-state index is 9.22. The average molecular weight is 518 g/mol. The van der Waals surface area contributed by atoms with Crippen LogP contribution in [0.15, 0.2) is 0 Å². The van der Waals surface area contributed by atoms with E-state index in [9.17, 15) is 51.9 Å². The van der Waals surface area contributed by atoms with Crippen molar-refractivity contribution in [3.05, 3.63) is 0 Å². The van der Waals surface area contributed by atoms with Gasteiger partial charge in [0.25, 0.3) is 0 Å². The third kappa shape index (κ3) is 88.3. The fraction of sp³-hybridized carbons (Fsp3) is 1.00. The first kappa shape index (κ1) is 40.6. The molecule has 0 aromatic heterocycles. The molecule has 0 aliphatic rings. The van der Waals surface area contributed by atoms with Crippen LogP contribution in [0, 0.1) is 0 Å². The molecule has 0 aliphatic heterocycles. The molecule has 0 aromatic carbocycles. The second-order valence-electron chi connectivity index (χ2n) is 2.30. The van der Waals surface area contributed by atoms with Gasteiger partial charge in [-0.05, 0) is 0 Å². The molecule has 0 heterocycles. The average Bonchev–Trinajstić information content (AvgIpc) is 2.37. The molecule has 0 bridgehead atoms. The van der Waals surface area contributed by atoms with Gasteiger partial charge in [-0.1, -0.05) is 0 Å². The van der Waals surface area contributed by atoms with Crippen molar-refractivity contribution in [1.29, 1.82) is 0 Å². The van der Waals surface area contributed by atoms with E-state index < -0.39 is 41.6 Å². The van der Waals surface area contributed by atoms with E-state index in [-0.39, 0.29) is 23.2 Å². The van der Waals surface area contributed by atoms with Gasteiger partial charge < -0.3 is 24.4 Å². The minimum atomic E-state index is -4.41. The Morgan fingerprint density at radius 3 is 0.500 bits per heavy atom. The smallest absolute Gasteiger partial charge is 0.726 e. The number of hydrogen-bond acceptors (Lipinski definition) is 16. The normalized spacial score (nSPS) is 10.8. The molecule has 0 saturated heterocycles. The molecule has 0 aliphatic carbocycles. The standard InChI is InChI=1S/4CH4O4S.Fe.H3N/c4*1-5-6(2,3)4;;/h4*1H3,(H,2,3,4);;1H3/q;;;;+3;/p-3. The Balaban J connectivity index is -0.0000000500. The molecule has 26 heavy (non-hydrogen) atoms. The predicted octanol–water partition coefficient (Wildman–Crippen LogP) is -3.25. The zero-order chi connectivity index (χ0) is 20.8. The van der Waals surface area contributed by atoms with Crippen molar-refractivity contribution < 1.29 is 85.7 Å². The molecular formula is C4H16FeNO16S4. The molecule has 4 N–H and O–H groups in total. The Hall–Kier alpha value is -0.0405. The molecule has 0 atom stereocenters. The zero-order valence-electron chi connectivity index (χ0n) is 13.5. The van der Waals surface area contributed by atoms with Crippen molar-refractivity contribution in [2.45, 2.75) is 0 Å². The largest absolute Gasteiger partial charge is 3.00 e. The van der Waals surface area contributed by atoms with Gasteiger partial charge in [-0.25, -0.2) is 33.7 Å². The van der Waals surface area contributed by atoms with E-state index in [1.807, 2.05) is 0 Å². The maximum Gasteiger partial charge on any atom is 3.00 e. The minimum Gasteiger partial charge on any atom is -0.726 e. The van der Waals surface area contributed by atoms with E-state index in [1.165, 1.54) is 0 Å². The third-order valence-corrected chi connectivity index (χ3v) is 2.45. The van der Waals surface area contributed by atoms with Gasteiger partial charge in [-0.3, -0.25) is 16.7 Å². The summed E-state index contributed by atoms with van der Waals surface area (Å²) >= 11 is 0. The first-order chi connectivity index (χ1) is 10.2. The van der Waals surface area contributed by atoms with Crippen LogP contribution in [-0.4, -0.2) is 80.3 Å². The van der Waals surface area contributed by atoms with E-state index in [1.54, 1.807) is 0 Å². The quantitative estimate of drug-likeness (QED) is 0.217. The Morgan fingerprint density at radius 1 is 0.462 bits per heavy atom. The van der Waals surface area contributed by atoms with Crippen LogP contribution in [0.1, 0.15) is 0 Å². The van der Waals surface area contributed by atoms with Gasteiger partial charge in [0.1, 0.15) is 0 Å². The summed E-state index contributed by atoms with van der Waals surface area (Å²) in [4.78, 5) is 0. The maximum atomic E-state index is 9.22. The topological polar surface area (TPSA) is 302 Å². The number of hydrogen-bond donors (Lipinski definition) is 1. The summed E-state index contributed by atoms with van der Waals surface area (Å²) in [6.07, 6.45) is 0. The van der Waals surface area contributed by atoms with Gasteiger partial charge >= 0.3 is 17.1 Å². The van der Waals surface area contributed by atoms with Crippen LogP contribution < -0.4 is 6.15 Å². The molecular weight excluding hydrogens is 502 g/mol. The Morgan fingerprint density at radius 2 is 0.500 bits per heavy atom. The molecule has 0 fully saturated rings. The van der Waals surface area contributed by atoms with Crippen LogP contribution in [-0.2, 0) is 75.4 Å². The van der Waals surface area contributed by atoms with Crippen molar-refractivity contribution in [3.63, 3.8) is 0 Å². The van der Waals surface area contributed by atoms with E-state index in [0.29, 0.717) is 0 Å². The van der Waals surface area contributed by atoms with Crippen molar-refractivity contribution in [3.8, 4) is 0 Å². The number of quaternary nitrogens is 1.